The van der Waals surface area contributed by atoms with Crippen LogP contribution in [0.1, 0.15) is 0 Å². The highest BCUT2D eigenvalue weighted by Crippen LogP contribution is 2.46. The highest BCUT2D eigenvalue weighted by molar-refractivity contribution is 6.84. The molecular formula is C60H34BNO4. The van der Waals surface area contributed by atoms with Crippen molar-refractivity contribution in [3.05, 3.63) is 206 Å². The Morgan fingerprint density at radius 1 is 0.348 bits per heavy atom. The van der Waals surface area contributed by atoms with Gasteiger partial charge in [0.25, 0.3) is 0 Å². The zero-order chi connectivity index (χ0) is 43.0. The minimum atomic E-state index is -0.322. The first-order valence-corrected chi connectivity index (χ1v) is 22.4. The number of nitrogens with zero attached hydrogens (tertiary/aromatic N) is 1. The van der Waals surface area contributed by atoms with E-state index in [1.807, 2.05) is 24.3 Å². The third kappa shape index (κ3) is 5.06. The lowest BCUT2D eigenvalue weighted by atomic mass is 9.50. The van der Waals surface area contributed by atoms with E-state index in [0.29, 0.717) is 0 Å². The monoisotopic (exact) mass is 843 g/mol. The Hall–Kier alpha value is -8.74. The van der Waals surface area contributed by atoms with Crippen LogP contribution in [0.3, 0.4) is 0 Å². The lowest BCUT2D eigenvalue weighted by molar-refractivity contribution is 0.479. The minimum Gasteiger partial charge on any atom is -0.551 e. The molecule has 0 aliphatic carbocycles. The molecule has 15 rings (SSSR count). The second kappa shape index (κ2) is 13.4. The van der Waals surface area contributed by atoms with E-state index in [1.165, 1.54) is 21.8 Å². The van der Waals surface area contributed by atoms with Crippen LogP contribution in [0.5, 0.6) is 17.2 Å². The Bertz CT molecular complexity index is 4160. The molecule has 0 saturated carbocycles. The molecule has 66 heavy (non-hydrogen) atoms. The zero-order valence-electron chi connectivity index (χ0n) is 35.3. The summed E-state index contributed by atoms with van der Waals surface area (Å²) in [5.74, 6) is 2.42. The van der Waals surface area contributed by atoms with Gasteiger partial charge in [0, 0.05) is 60.1 Å². The number of ether oxygens (including phenoxy) is 1. The van der Waals surface area contributed by atoms with Gasteiger partial charge in [-0.2, -0.15) is 0 Å². The first-order chi connectivity index (χ1) is 32.7. The van der Waals surface area contributed by atoms with Crippen LogP contribution < -0.4 is 20.3 Å². The van der Waals surface area contributed by atoms with Gasteiger partial charge in [0.05, 0.1) is 11.0 Å². The average Bonchev–Trinajstić information content (AvgIpc) is 4.05. The normalized spacial score (nSPS) is 12.8. The van der Waals surface area contributed by atoms with Crippen molar-refractivity contribution < 1.29 is 18.2 Å². The maximum Gasteiger partial charge on any atom is 0.434 e. The summed E-state index contributed by atoms with van der Waals surface area (Å²) in [6.07, 6.45) is 0. The molecule has 3 aromatic heterocycles. The van der Waals surface area contributed by atoms with Crippen LogP contribution in [0.25, 0.3) is 116 Å². The van der Waals surface area contributed by atoms with Gasteiger partial charge in [-0.1, -0.05) is 127 Å². The maximum absolute atomic E-state index is 6.99. The van der Waals surface area contributed by atoms with Crippen molar-refractivity contribution >= 4 is 83.5 Å². The lowest BCUT2D eigenvalue weighted by Gasteiger charge is -2.33. The first kappa shape index (κ1) is 35.7. The van der Waals surface area contributed by atoms with Gasteiger partial charge in [-0.05, 0) is 112 Å². The number of benzene rings is 10. The fraction of sp³-hybridized carbons (Fsp3) is 0. The molecule has 5 heterocycles. The molecule has 0 amide bonds. The molecule has 0 unspecified atom stereocenters. The highest BCUT2D eigenvalue weighted by Gasteiger charge is 2.41. The van der Waals surface area contributed by atoms with E-state index < -0.39 is 0 Å². The summed E-state index contributed by atoms with van der Waals surface area (Å²) in [5.41, 5.74) is 17.5. The van der Waals surface area contributed by atoms with Crippen molar-refractivity contribution in [3.63, 3.8) is 0 Å². The topological polar surface area (TPSA) is 49.7 Å². The molecule has 13 aromatic rings. The van der Waals surface area contributed by atoms with Gasteiger partial charge in [0.2, 0.25) is 0 Å². The van der Waals surface area contributed by atoms with Gasteiger partial charge < -0.3 is 22.8 Å². The smallest absolute Gasteiger partial charge is 0.434 e. The summed E-state index contributed by atoms with van der Waals surface area (Å²) in [6.45, 7) is -0.322. The summed E-state index contributed by atoms with van der Waals surface area (Å²) >= 11 is 0. The molecule has 0 radical (unpaired) electrons. The lowest BCUT2D eigenvalue weighted by Crippen LogP contribution is -2.53. The molecule has 5 nitrogen and oxygen atoms in total. The van der Waals surface area contributed by atoms with Crippen molar-refractivity contribution in [3.8, 4) is 67.4 Å². The molecule has 2 aliphatic heterocycles. The van der Waals surface area contributed by atoms with Crippen LogP contribution >= 0.6 is 0 Å². The molecule has 0 fully saturated rings. The first-order valence-electron chi connectivity index (χ1n) is 22.4. The van der Waals surface area contributed by atoms with Gasteiger partial charge in [-0.15, -0.1) is 0 Å². The maximum atomic E-state index is 6.99. The molecule has 0 saturated heterocycles. The molecule has 0 N–H and O–H groups in total. The number of fused-ring (bicyclic) bond motifs is 13. The van der Waals surface area contributed by atoms with Crippen LogP contribution in [0.4, 0.5) is 0 Å². The van der Waals surface area contributed by atoms with Crippen molar-refractivity contribution in [2.24, 2.45) is 0 Å². The van der Waals surface area contributed by atoms with E-state index in [2.05, 4.69) is 187 Å². The van der Waals surface area contributed by atoms with E-state index in [1.54, 1.807) is 0 Å². The zero-order valence-corrected chi connectivity index (χ0v) is 35.3. The van der Waals surface area contributed by atoms with Gasteiger partial charge in [-0.25, -0.2) is 0 Å². The molecule has 0 atom stereocenters. The quantitative estimate of drug-likeness (QED) is 0.166. The van der Waals surface area contributed by atoms with E-state index in [9.17, 15) is 0 Å². The van der Waals surface area contributed by atoms with Crippen molar-refractivity contribution in [1.29, 1.82) is 0 Å². The molecular weight excluding hydrogens is 809 g/mol. The van der Waals surface area contributed by atoms with Crippen molar-refractivity contribution in [2.45, 2.75) is 0 Å². The number of aromatic nitrogens is 1. The van der Waals surface area contributed by atoms with E-state index in [4.69, 9.17) is 18.2 Å². The van der Waals surface area contributed by atoms with Gasteiger partial charge in [-0.3, -0.25) is 0 Å². The molecule has 6 heteroatoms. The number of hydrogen-bond acceptors (Lipinski definition) is 4. The second-order valence-electron chi connectivity index (χ2n) is 17.5. The predicted molar refractivity (Wildman–Crippen MR) is 269 cm³/mol. The van der Waals surface area contributed by atoms with Crippen LogP contribution in [-0.4, -0.2) is 11.5 Å². The highest BCUT2D eigenvalue weighted by atomic mass is 16.5. The number of rotatable bonds is 4. The fourth-order valence-electron chi connectivity index (χ4n) is 10.9. The Kier molecular flexibility index (Phi) is 7.24. The Labute approximate surface area is 378 Å². The third-order valence-electron chi connectivity index (χ3n) is 13.9. The molecule has 10 aromatic carbocycles. The molecule has 0 spiro atoms. The summed E-state index contributed by atoms with van der Waals surface area (Å²) in [5, 5.41) is 6.82. The van der Waals surface area contributed by atoms with Gasteiger partial charge in [0.1, 0.15) is 39.6 Å². The molecule has 2 aliphatic rings. The summed E-state index contributed by atoms with van der Waals surface area (Å²) in [4.78, 5) is 0. The van der Waals surface area contributed by atoms with Gasteiger partial charge in [0.15, 0.2) is 0 Å². The van der Waals surface area contributed by atoms with Crippen molar-refractivity contribution in [1.82, 2.24) is 4.57 Å². The summed E-state index contributed by atoms with van der Waals surface area (Å²) in [6, 6.07) is 73.0. The predicted octanol–water partition coefficient (Wildman–Crippen LogP) is 14.9. The number of para-hydroxylation sites is 5. The van der Waals surface area contributed by atoms with Crippen LogP contribution in [0.15, 0.2) is 215 Å². The molecule has 0 bridgehead atoms. The van der Waals surface area contributed by atoms with Crippen LogP contribution in [0, 0.1) is 0 Å². The van der Waals surface area contributed by atoms with Gasteiger partial charge >= 0.3 is 6.92 Å². The Morgan fingerprint density at radius 2 is 0.970 bits per heavy atom. The Morgan fingerprint density at radius 3 is 1.82 bits per heavy atom. The Balaban J connectivity index is 0.900. The second-order valence-corrected chi connectivity index (χ2v) is 17.5. The standard InChI is InChI=1S/C60H34BNO4/c1-2-13-40(39(12-1)35-24-27-54-46(30-35)44-16-5-9-22-53(44)63-54)36-25-28-56-47(31-36)49-32-37(33-58-59(49)61(66-56)50-19-6-10-23-57(50)64-58)41-17-11-18-45-48-34-38(26-29-55(48)65-60(41)45)62-51-20-7-3-14-42(51)43-15-4-8-21-52(43)62/h1-34H. The van der Waals surface area contributed by atoms with Crippen LogP contribution in [-0.2, 0) is 0 Å². The van der Waals surface area contributed by atoms with E-state index in [0.717, 1.165) is 122 Å². The van der Waals surface area contributed by atoms with E-state index >= 15 is 0 Å². The number of hydrogen-bond donors (Lipinski definition) is 0. The number of furan rings is 2. The fourth-order valence-corrected chi connectivity index (χ4v) is 10.9. The molecule has 306 valence electrons. The van der Waals surface area contributed by atoms with Crippen LogP contribution in [0.2, 0.25) is 0 Å². The van der Waals surface area contributed by atoms with Crippen molar-refractivity contribution in [2.75, 3.05) is 0 Å². The third-order valence-corrected chi connectivity index (χ3v) is 13.9. The average molecular weight is 844 g/mol. The minimum absolute atomic E-state index is 0.322. The summed E-state index contributed by atoms with van der Waals surface area (Å²) in [7, 11) is 0. The van der Waals surface area contributed by atoms with E-state index in [-0.39, 0.29) is 6.92 Å². The summed E-state index contributed by atoms with van der Waals surface area (Å²) < 4.78 is 29.2. The SMILES string of the molecule is c1ccc2c(c1)Oc1cc(-c3cccc4c3oc3ccc(-n5c6ccccc6c6ccccc65)cc34)cc3c1B2Oc1ccc(-c2ccccc2-c2ccc4oc5ccccc5c4c2)cc1-3. The largest absolute Gasteiger partial charge is 0.551 e.